The van der Waals surface area contributed by atoms with Gasteiger partial charge in [-0.3, -0.25) is 14.6 Å². The van der Waals surface area contributed by atoms with Gasteiger partial charge in [-0.1, -0.05) is 6.42 Å². The van der Waals surface area contributed by atoms with Gasteiger partial charge in [0.05, 0.1) is 7.11 Å². The van der Waals surface area contributed by atoms with E-state index in [0.717, 1.165) is 70.7 Å². The van der Waals surface area contributed by atoms with E-state index in [1.165, 1.54) is 7.11 Å². The van der Waals surface area contributed by atoms with Gasteiger partial charge in [-0.05, 0) is 39.0 Å². The molecule has 0 spiro atoms. The molecule has 1 heterocycles. The molecule has 0 aromatic carbocycles. The summed E-state index contributed by atoms with van der Waals surface area (Å²) in [4.78, 5) is 29.5. The van der Waals surface area contributed by atoms with Crippen LogP contribution in [0.4, 0.5) is 0 Å². The Balaban J connectivity index is 0.00000625. The maximum absolute atomic E-state index is 11.9. The Kier molecular flexibility index (Phi) is 15.5. The Morgan fingerprint density at radius 2 is 2.00 bits per heavy atom. The number of hydrogen-bond donors (Lipinski definition) is 2. The van der Waals surface area contributed by atoms with Crippen LogP contribution in [0.5, 0.6) is 0 Å². The van der Waals surface area contributed by atoms with Gasteiger partial charge in [0.2, 0.25) is 5.91 Å². The third-order valence-electron chi connectivity index (χ3n) is 4.20. The van der Waals surface area contributed by atoms with Crippen LogP contribution in [0.3, 0.4) is 0 Å². The summed E-state index contributed by atoms with van der Waals surface area (Å²) in [6.07, 6.45) is 7.02. The lowest BCUT2D eigenvalue weighted by atomic mass is 10.2. The van der Waals surface area contributed by atoms with Crippen LogP contribution < -0.4 is 10.6 Å². The Labute approximate surface area is 174 Å². The molecule has 152 valence electrons. The van der Waals surface area contributed by atoms with E-state index in [1.54, 1.807) is 0 Å². The highest BCUT2D eigenvalue weighted by molar-refractivity contribution is 14.0. The van der Waals surface area contributed by atoms with E-state index in [0.29, 0.717) is 19.4 Å². The predicted octanol–water partition coefficient (Wildman–Crippen LogP) is 2.30. The number of rotatable bonds is 10. The number of unbranched alkanes of at least 4 members (excludes halogenated alkanes) is 1. The quantitative estimate of drug-likeness (QED) is 0.164. The summed E-state index contributed by atoms with van der Waals surface area (Å²) in [6, 6.07) is 0. The van der Waals surface area contributed by atoms with Crippen molar-refractivity contribution in [1.82, 2.24) is 15.5 Å². The number of carbonyl (C=O) groups excluding carboxylic acids is 2. The molecule has 0 radical (unpaired) electrons. The van der Waals surface area contributed by atoms with Crippen LogP contribution in [0, 0.1) is 0 Å². The van der Waals surface area contributed by atoms with Crippen molar-refractivity contribution in [2.45, 2.75) is 58.3 Å². The van der Waals surface area contributed by atoms with Gasteiger partial charge in [0, 0.05) is 45.6 Å². The third kappa shape index (κ3) is 11.5. The number of hydrogen-bond acceptors (Lipinski definition) is 4. The Bertz CT molecular complexity index is 433. The standard InChI is InChI=1S/C18H34N4O3.HI/c1-3-19-18(20-12-7-6-11-17(24)25-2)21-13-9-15-22-14-8-4-5-10-16(22)23;/h3-15H2,1-2H3,(H2,19,20,21);1H. The molecule has 7 nitrogen and oxygen atoms in total. The zero-order chi connectivity index (χ0) is 18.3. The van der Waals surface area contributed by atoms with E-state index >= 15 is 0 Å². The smallest absolute Gasteiger partial charge is 0.305 e. The van der Waals surface area contributed by atoms with E-state index in [4.69, 9.17) is 0 Å². The average molecular weight is 482 g/mol. The van der Waals surface area contributed by atoms with Crippen molar-refractivity contribution in [1.29, 1.82) is 0 Å². The first-order valence-corrected chi connectivity index (χ1v) is 9.54. The number of aliphatic imine (C=N–C) groups is 1. The Hall–Kier alpha value is -1.06. The first-order valence-electron chi connectivity index (χ1n) is 9.54. The maximum atomic E-state index is 11.9. The molecule has 1 amide bonds. The number of amides is 1. The van der Waals surface area contributed by atoms with E-state index in [-0.39, 0.29) is 35.9 Å². The summed E-state index contributed by atoms with van der Waals surface area (Å²) in [7, 11) is 1.41. The molecule has 0 aromatic rings. The van der Waals surface area contributed by atoms with Crippen LogP contribution in [-0.4, -0.2) is 62.6 Å². The number of halogens is 1. The second-order valence-corrected chi connectivity index (χ2v) is 6.27. The molecule has 1 aliphatic rings. The van der Waals surface area contributed by atoms with Crippen molar-refractivity contribution in [2.75, 3.05) is 39.8 Å². The molecule has 0 unspecified atom stereocenters. The molecule has 1 rings (SSSR count). The van der Waals surface area contributed by atoms with E-state index in [9.17, 15) is 9.59 Å². The van der Waals surface area contributed by atoms with Crippen LogP contribution in [0.2, 0.25) is 0 Å². The number of esters is 1. The monoisotopic (exact) mass is 482 g/mol. The van der Waals surface area contributed by atoms with Crippen LogP contribution in [0.1, 0.15) is 58.3 Å². The average Bonchev–Trinajstić information content (AvgIpc) is 2.82. The number of carbonyl (C=O) groups is 2. The Morgan fingerprint density at radius 1 is 1.19 bits per heavy atom. The van der Waals surface area contributed by atoms with E-state index < -0.39 is 0 Å². The number of methoxy groups -OCH3 is 1. The second kappa shape index (κ2) is 16.1. The fraction of sp³-hybridized carbons (Fsp3) is 0.833. The van der Waals surface area contributed by atoms with E-state index in [2.05, 4.69) is 20.4 Å². The first kappa shape index (κ1) is 24.9. The number of ether oxygens (including phenoxy) is 1. The summed E-state index contributed by atoms with van der Waals surface area (Å²) < 4.78 is 4.62. The lowest BCUT2D eigenvalue weighted by Gasteiger charge is -2.20. The molecule has 0 atom stereocenters. The van der Waals surface area contributed by atoms with Gasteiger partial charge in [0.15, 0.2) is 5.96 Å². The molecule has 8 heteroatoms. The van der Waals surface area contributed by atoms with Gasteiger partial charge in [0.1, 0.15) is 0 Å². The predicted molar refractivity (Wildman–Crippen MR) is 115 cm³/mol. The van der Waals surface area contributed by atoms with Crippen LogP contribution in [-0.2, 0) is 14.3 Å². The molecule has 26 heavy (non-hydrogen) atoms. The fourth-order valence-corrected chi connectivity index (χ4v) is 2.77. The largest absolute Gasteiger partial charge is 0.469 e. The fourth-order valence-electron chi connectivity index (χ4n) is 2.77. The van der Waals surface area contributed by atoms with Crippen molar-refractivity contribution < 1.29 is 14.3 Å². The van der Waals surface area contributed by atoms with Gasteiger partial charge in [0.25, 0.3) is 0 Å². The maximum Gasteiger partial charge on any atom is 0.305 e. The lowest BCUT2D eigenvalue weighted by molar-refractivity contribution is -0.140. The summed E-state index contributed by atoms with van der Waals surface area (Å²) in [5, 5.41) is 6.49. The third-order valence-corrected chi connectivity index (χ3v) is 4.20. The van der Waals surface area contributed by atoms with Crippen molar-refractivity contribution >= 4 is 41.8 Å². The number of nitrogens with zero attached hydrogens (tertiary/aromatic N) is 2. The van der Waals surface area contributed by atoms with Gasteiger partial charge < -0.3 is 20.3 Å². The molecule has 0 aromatic heterocycles. The second-order valence-electron chi connectivity index (χ2n) is 6.27. The topological polar surface area (TPSA) is 83.0 Å². The molecule has 0 saturated carbocycles. The van der Waals surface area contributed by atoms with E-state index in [1.807, 2.05) is 11.8 Å². The minimum Gasteiger partial charge on any atom is -0.469 e. The number of guanidine groups is 1. The van der Waals surface area contributed by atoms with Crippen LogP contribution in [0.25, 0.3) is 0 Å². The Morgan fingerprint density at radius 3 is 2.73 bits per heavy atom. The molecule has 0 bridgehead atoms. The highest BCUT2D eigenvalue weighted by Crippen LogP contribution is 2.11. The highest BCUT2D eigenvalue weighted by atomic mass is 127. The van der Waals surface area contributed by atoms with Crippen LogP contribution >= 0.6 is 24.0 Å². The summed E-state index contributed by atoms with van der Waals surface area (Å²) >= 11 is 0. The number of likely N-dealkylation sites (tertiary alicyclic amines) is 1. The zero-order valence-electron chi connectivity index (χ0n) is 16.2. The van der Waals surface area contributed by atoms with Gasteiger partial charge >= 0.3 is 5.97 Å². The molecule has 1 saturated heterocycles. The lowest BCUT2D eigenvalue weighted by Crippen LogP contribution is -2.38. The molecular formula is C18H35IN4O3. The summed E-state index contributed by atoms with van der Waals surface area (Å²) in [5.41, 5.74) is 0. The summed E-state index contributed by atoms with van der Waals surface area (Å²) in [6.45, 7) is 5.99. The van der Waals surface area contributed by atoms with Crippen molar-refractivity contribution in [3.05, 3.63) is 0 Å². The highest BCUT2D eigenvalue weighted by Gasteiger charge is 2.15. The SMILES string of the molecule is CCNC(=NCCCN1CCCCCC1=O)NCCCCC(=O)OC.I. The summed E-state index contributed by atoms with van der Waals surface area (Å²) in [5.74, 6) is 0.920. The molecule has 1 fully saturated rings. The van der Waals surface area contributed by atoms with Gasteiger partial charge in [-0.25, -0.2) is 0 Å². The molecule has 2 N–H and O–H groups in total. The minimum absolute atomic E-state index is 0. The first-order chi connectivity index (χ1) is 12.2. The van der Waals surface area contributed by atoms with Crippen molar-refractivity contribution in [2.24, 2.45) is 4.99 Å². The molecule has 0 aliphatic carbocycles. The molecular weight excluding hydrogens is 447 g/mol. The normalized spacial score (nSPS) is 15.1. The molecule has 1 aliphatic heterocycles. The van der Waals surface area contributed by atoms with Gasteiger partial charge in [-0.15, -0.1) is 24.0 Å². The van der Waals surface area contributed by atoms with Crippen molar-refractivity contribution in [3.63, 3.8) is 0 Å². The number of nitrogens with one attached hydrogen (secondary N) is 2. The van der Waals surface area contributed by atoms with Crippen molar-refractivity contribution in [3.8, 4) is 0 Å². The minimum atomic E-state index is -0.163. The van der Waals surface area contributed by atoms with Gasteiger partial charge in [-0.2, -0.15) is 0 Å². The van der Waals surface area contributed by atoms with Crippen LogP contribution in [0.15, 0.2) is 4.99 Å². The zero-order valence-corrected chi connectivity index (χ0v) is 18.6.